The van der Waals surface area contributed by atoms with Gasteiger partial charge in [-0.1, -0.05) is 19.1 Å². The first-order valence-electron chi connectivity index (χ1n) is 5.60. The van der Waals surface area contributed by atoms with Gasteiger partial charge in [-0.3, -0.25) is 4.68 Å². The van der Waals surface area contributed by atoms with Gasteiger partial charge in [0, 0.05) is 24.9 Å². The maximum Gasteiger partial charge on any atom is 0.213 e. The van der Waals surface area contributed by atoms with Crippen molar-refractivity contribution in [3.8, 4) is 17.1 Å². The first-order valence-corrected chi connectivity index (χ1v) is 5.60. The van der Waals surface area contributed by atoms with Crippen molar-refractivity contribution < 1.29 is 4.74 Å². The molecule has 5 heteroatoms. The highest BCUT2D eigenvalue weighted by Gasteiger charge is 2.04. The lowest BCUT2D eigenvalue weighted by Gasteiger charge is -2.07. The van der Waals surface area contributed by atoms with Crippen LogP contribution >= 0.6 is 0 Å². The number of hydrogen-bond donors (Lipinski definition) is 0. The molecule has 2 aromatic rings. The van der Waals surface area contributed by atoms with Crippen molar-refractivity contribution >= 4 is 0 Å². The van der Waals surface area contributed by atoms with Crippen LogP contribution in [0, 0.1) is 5.92 Å². The first kappa shape index (κ1) is 11.6. The van der Waals surface area contributed by atoms with Crippen LogP contribution in [0.25, 0.3) is 11.3 Å². The normalized spacial score (nSPS) is 10.8. The highest BCUT2D eigenvalue weighted by molar-refractivity contribution is 5.56. The lowest BCUT2D eigenvalue weighted by Crippen LogP contribution is -2.05. The summed E-state index contributed by atoms with van der Waals surface area (Å²) in [5, 5.41) is 7.90. The van der Waals surface area contributed by atoms with E-state index in [1.807, 2.05) is 25.4 Å². The van der Waals surface area contributed by atoms with E-state index in [-0.39, 0.29) is 0 Å². The van der Waals surface area contributed by atoms with Crippen LogP contribution in [0.2, 0.25) is 0 Å². The number of aryl methyl sites for hydroxylation is 1. The van der Waals surface area contributed by atoms with Gasteiger partial charge in [0.2, 0.25) is 5.88 Å². The lowest BCUT2D eigenvalue weighted by atomic mass is 10.2. The fourth-order valence-corrected chi connectivity index (χ4v) is 1.35. The van der Waals surface area contributed by atoms with Gasteiger partial charge in [0.15, 0.2) is 0 Å². The Kier molecular flexibility index (Phi) is 3.37. The molecule has 0 N–H and O–H groups in total. The molecule has 2 rings (SSSR count). The molecule has 0 atom stereocenters. The molecule has 5 nitrogen and oxygen atoms in total. The molecule has 2 aromatic heterocycles. The number of pyridine rings is 1. The Morgan fingerprint density at radius 1 is 1.35 bits per heavy atom. The van der Waals surface area contributed by atoms with Crippen LogP contribution in [0.4, 0.5) is 0 Å². The number of nitrogens with zero attached hydrogens (tertiary/aromatic N) is 4. The van der Waals surface area contributed by atoms with Crippen molar-refractivity contribution in [3.63, 3.8) is 0 Å². The predicted octanol–water partition coefficient (Wildman–Crippen LogP) is 1.91. The van der Waals surface area contributed by atoms with E-state index in [9.17, 15) is 0 Å². The topological polar surface area (TPSA) is 52.8 Å². The Morgan fingerprint density at radius 3 is 2.71 bits per heavy atom. The van der Waals surface area contributed by atoms with Gasteiger partial charge in [-0.15, -0.1) is 5.10 Å². The summed E-state index contributed by atoms with van der Waals surface area (Å²) in [4.78, 5) is 4.24. The third-order valence-corrected chi connectivity index (χ3v) is 2.20. The van der Waals surface area contributed by atoms with Crippen molar-refractivity contribution in [3.05, 3.63) is 24.5 Å². The van der Waals surface area contributed by atoms with Gasteiger partial charge in [-0.05, 0) is 12.0 Å². The van der Waals surface area contributed by atoms with Crippen molar-refractivity contribution in [2.45, 2.75) is 13.8 Å². The van der Waals surface area contributed by atoms with Crippen LogP contribution in [-0.4, -0.2) is 26.6 Å². The average Bonchev–Trinajstić information content (AvgIpc) is 2.74. The highest BCUT2D eigenvalue weighted by Crippen LogP contribution is 2.17. The molecule has 0 aliphatic carbocycles. The standard InChI is InChI=1S/C12H16N4O/c1-9(2)8-17-12-5-4-10(6-13-12)11-7-16(3)15-14-11/h4-7,9H,8H2,1-3H3. The van der Waals surface area contributed by atoms with E-state index in [2.05, 4.69) is 29.1 Å². The molecule has 2 heterocycles. The van der Waals surface area contributed by atoms with Gasteiger partial charge in [-0.2, -0.15) is 0 Å². The van der Waals surface area contributed by atoms with E-state index in [1.165, 1.54) is 0 Å². The molecular weight excluding hydrogens is 216 g/mol. The maximum absolute atomic E-state index is 5.51. The molecule has 0 bridgehead atoms. The van der Waals surface area contributed by atoms with Crippen LogP contribution in [0.1, 0.15) is 13.8 Å². The van der Waals surface area contributed by atoms with E-state index in [0.29, 0.717) is 18.4 Å². The summed E-state index contributed by atoms with van der Waals surface area (Å²) in [5.41, 5.74) is 1.76. The maximum atomic E-state index is 5.51. The number of aromatic nitrogens is 4. The largest absolute Gasteiger partial charge is 0.477 e. The molecule has 0 fully saturated rings. The average molecular weight is 232 g/mol. The molecule has 0 saturated heterocycles. The van der Waals surface area contributed by atoms with E-state index >= 15 is 0 Å². The zero-order valence-corrected chi connectivity index (χ0v) is 10.3. The summed E-state index contributed by atoms with van der Waals surface area (Å²) in [6.07, 6.45) is 3.60. The molecule has 90 valence electrons. The first-order chi connectivity index (χ1) is 8.15. The third-order valence-electron chi connectivity index (χ3n) is 2.20. The van der Waals surface area contributed by atoms with Crippen molar-refractivity contribution in [1.29, 1.82) is 0 Å². The minimum absolute atomic E-state index is 0.497. The van der Waals surface area contributed by atoms with Crippen LogP contribution < -0.4 is 4.74 Å². The Hall–Kier alpha value is -1.91. The smallest absolute Gasteiger partial charge is 0.213 e. The fraction of sp³-hybridized carbons (Fsp3) is 0.417. The molecule has 17 heavy (non-hydrogen) atoms. The second kappa shape index (κ2) is 4.95. The number of rotatable bonds is 4. The van der Waals surface area contributed by atoms with Crippen LogP contribution in [0.3, 0.4) is 0 Å². The molecular formula is C12H16N4O. The van der Waals surface area contributed by atoms with Crippen molar-refractivity contribution in [2.24, 2.45) is 13.0 Å². The lowest BCUT2D eigenvalue weighted by molar-refractivity contribution is 0.261. The Bertz CT molecular complexity index is 476. The Morgan fingerprint density at radius 2 is 2.18 bits per heavy atom. The highest BCUT2D eigenvalue weighted by atomic mass is 16.5. The summed E-state index contributed by atoms with van der Waals surface area (Å²) in [6.45, 7) is 4.89. The van der Waals surface area contributed by atoms with Crippen LogP contribution in [-0.2, 0) is 7.05 Å². The monoisotopic (exact) mass is 232 g/mol. The zero-order chi connectivity index (χ0) is 12.3. The zero-order valence-electron chi connectivity index (χ0n) is 10.3. The van der Waals surface area contributed by atoms with E-state index in [4.69, 9.17) is 4.74 Å². The quantitative estimate of drug-likeness (QED) is 0.808. The molecule has 0 aliphatic rings. The molecule has 0 radical (unpaired) electrons. The molecule has 0 amide bonds. The van der Waals surface area contributed by atoms with Gasteiger partial charge >= 0.3 is 0 Å². The van der Waals surface area contributed by atoms with Crippen molar-refractivity contribution in [2.75, 3.05) is 6.61 Å². The van der Waals surface area contributed by atoms with Crippen LogP contribution in [0.5, 0.6) is 5.88 Å². The summed E-state index contributed by atoms with van der Waals surface area (Å²) in [7, 11) is 1.84. The summed E-state index contributed by atoms with van der Waals surface area (Å²) < 4.78 is 7.18. The van der Waals surface area contributed by atoms with Gasteiger partial charge < -0.3 is 4.74 Å². The third kappa shape index (κ3) is 3.03. The molecule has 0 saturated carbocycles. The van der Waals surface area contributed by atoms with Gasteiger partial charge in [0.05, 0.1) is 12.8 Å². The Balaban J connectivity index is 2.07. The fourth-order valence-electron chi connectivity index (χ4n) is 1.35. The van der Waals surface area contributed by atoms with Gasteiger partial charge in [0.1, 0.15) is 5.69 Å². The van der Waals surface area contributed by atoms with Crippen molar-refractivity contribution in [1.82, 2.24) is 20.0 Å². The molecule has 0 aliphatic heterocycles. The van der Waals surface area contributed by atoms with E-state index < -0.39 is 0 Å². The second-order valence-electron chi connectivity index (χ2n) is 4.37. The summed E-state index contributed by atoms with van der Waals surface area (Å²) in [6, 6.07) is 3.79. The number of ether oxygens (including phenoxy) is 1. The molecule has 0 unspecified atom stereocenters. The SMILES string of the molecule is CC(C)COc1ccc(-c2cn(C)nn2)cn1. The second-order valence-corrected chi connectivity index (χ2v) is 4.37. The molecule has 0 spiro atoms. The van der Waals surface area contributed by atoms with Gasteiger partial charge in [0.25, 0.3) is 0 Å². The predicted molar refractivity (Wildman–Crippen MR) is 64.6 cm³/mol. The molecule has 0 aromatic carbocycles. The van der Waals surface area contributed by atoms with Gasteiger partial charge in [-0.25, -0.2) is 4.98 Å². The van der Waals surface area contributed by atoms with E-state index in [0.717, 1.165) is 11.3 Å². The number of hydrogen-bond acceptors (Lipinski definition) is 4. The Labute approximate surface area is 100 Å². The summed E-state index contributed by atoms with van der Waals surface area (Å²) >= 11 is 0. The summed E-state index contributed by atoms with van der Waals surface area (Å²) in [5.74, 6) is 1.14. The minimum atomic E-state index is 0.497. The van der Waals surface area contributed by atoms with E-state index in [1.54, 1.807) is 10.9 Å². The minimum Gasteiger partial charge on any atom is -0.477 e. The van der Waals surface area contributed by atoms with Crippen LogP contribution in [0.15, 0.2) is 24.5 Å².